The Labute approximate surface area is 188 Å². The van der Waals surface area contributed by atoms with Gasteiger partial charge in [0.1, 0.15) is 0 Å². The molecule has 0 atom stereocenters. The van der Waals surface area contributed by atoms with Crippen LogP contribution in [0.2, 0.25) is 0 Å². The molecule has 1 saturated carbocycles. The lowest BCUT2D eigenvalue weighted by Crippen LogP contribution is -2.54. The van der Waals surface area contributed by atoms with E-state index in [0.29, 0.717) is 19.7 Å². The lowest BCUT2D eigenvalue weighted by atomic mass is 10.0. The van der Waals surface area contributed by atoms with Crippen molar-refractivity contribution >= 4 is 35.8 Å². The largest absolute Gasteiger partial charge is 0.383 e. The number of carbonyl (C=O) groups is 1. The SMILES string of the molecule is CN=C(NCCCCC1CCCC1)N1CCN(CC(=O)NCCOC)CC1.I. The first-order valence-electron chi connectivity index (χ1n) is 10.7. The molecule has 2 rings (SSSR count). The average Bonchev–Trinajstić information content (AvgIpc) is 3.19. The molecule has 8 heteroatoms. The van der Waals surface area contributed by atoms with E-state index in [-0.39, 0.29) is 29.9 Å². The number of carbonyl (C=O) groups excluding carboxylic acids is 1. The van der Waals surface area contributed by atoms with E-state index >= 15 is 0 Å². The molecule has 0 aromatic heterocycles. The molecule has 0 radical (unpaired) electrons. The smallest absolute Gasteiger partial charge is 0.234 e. The Balaban J connectivity index is 0.00000392. The number of aliphatic imine (C=N–C) groups is 1. The van der Waals surface area contributed by atoms with Gasteiger partial charge in [0.05, 0.1) is 13.2 Å². The molecule has 0 aromatic carbocycles. The normalized spacial score (nSPS) is 18.8. The lowest BCUT2D eigenvalue weighted by molar-refractivity contribution is -0.122. The Bertz CT molecular complexity index is 450. The van der Waals surface area contributed by atoms with Crippen LogP contribution in [0.15, 0.2) is 4.99 Å². The topological polar surface area (TPSA) is 69.2 Å². The molecule has 7 nitrogen and oxygen atoms in total. The molecule has 2 aliphatic rings. The number of ether oxygens (including phenoxy) is 1. The number of methoxy groups -OCH3 is 1. The van der Waals surface area contributed by atoms with E-state index in [2.05, 4.69) is 25.4 Å². The van der Waals surface area contributed by atoms with Crippen LogP contribution >= 0.6 is 24.0 Å². The van der Waals surface area contributed by atoms with Gasteiger partial charge in [0.25, 0.3) is 0 Å². The second-order valence-corrected chi connectivity index (χ2v) is 7.73. The number of unbranched alkanes of at least 4 members (excludes halogenated alkanes) is 1. The summed E-state index contributed by atoms with van der Waals surface area (Å²) in [4.78, 5) is 20.8. The van der Waals surface area contributed by atoms with E-state index in [0.717, 1.165) is 44.6 Å². The van der Waals surface area contributed by atoms with Crippen LogP contribution in [0.4, 0.5) is 0 Å². The summed E-state index contributed by atoms with van der Waals surface area (Å²) in [7, 11) is 3.50. The van der Waals surface area contributed by atoms with E-state index in [9.17, 15) is 4.79 Å². The van der Waals surface area contributed by atoms with Gasteiger partial charge in [-0.15, -0.1) is 24.0 Å². The zero-order valence-corrected chi connectivity index (χ0v) is 20.1. The number of hydrogen-bond acceptors (Lipinski definition) is 4. The fourth-order valence-corrected chi connectivity index (χ4v) is 4.06. The standard InChI is InChI=1S/C20H39N5O2.HI/c1-21-20(23-10-6-5-9-18-7-3-4-8-18)25-14-12-24(13-15-25)17-19(26)22-11-16-27-2;/h18H,3-17H2,1-2H3,(H,21,23)(H,22,26);1H. The van der Waals surface area contributed by atoms with Gasteiger partial charge in [0.15, 0.2) is 5.96 Å². The van der Waals surface area contributed by atoms with Crippen LogP contribution in [-0.4, -0.2) is 88.2 Å². The van der Waals surface area contributed by atoms with Crippen LogP contribution in [0.25, 0.3) is 0 Å². The first kappa shape index (κ1) is 25.4. The van der Waals surface area contributed by atoms with Crippen molar-refractivity contribution in [1.82, 2.24) is 20.4 Å². The van der Waals surface area contributed by atoms with E-state index in [4.69, 9.17) is 4.74 Å². The monoisotopic (exact) mass is 509 g/mol. The van der Waals surface area contributed by atoms with Gasteiger partial charge in [0.2, 0.25) is 5.91 Å². The number of guanidine groups is 1. The minimum atomic E-state index is 0. The highest BCUT2D eigenvalue weighted by atomic mass is 127. The molecule has 0 bridgehead atoms. The van der Waals surface area contributed by atoms with Crippen molar-refractivity contribution in [2.75, 3.05) is 66.6 Å². The molecular formula is C20H40IN5O2. The number of hydrogen-bond donors (Lipinski definition) is 2. The molecule has 1 amide bonds. The van der Waals surface area contributed by atoms with Gasteiger partial charge in [-0.25, -0.2) is 0 Å². The third-order valence-electron chi connectivity index (χ3n) is 5.68. The molecule has 0 spiro atoms. The third-order valence-corrected chi connectivity index (χ3v) is 5.68. The van der Waals surface area contributed by atoms with Crippen molar-refractivity contribution in [3.8, 4) is 0 Å². The summed E-state index contributed by atoms with van der Waals surface area (Å²) in [6.07, 6.45) is 9.71. The minimum Gasteiger partial charge on any atom is -0.383 e. The number of rotatable bonds is 10. The maximum atomic E-state index is 11.9. The fourth-order valence-electron chi connectivity index (χ4n) is 4.06. The molecule has 28 heavy (non-hydrogen) atoms. The van der Waals surface area contributed by atoms with Crippen molar-refractivity contribution in [1.29, 1.82) is 0 Å². The van der Waals surface area contributed by atoms with Crippen LogP contribution in [0.5, 0.6) is 0 Å². The summed E-state index contributed by atoms with van der Waals surface area (Å²) in [5.74, 6) is 2.06. The second kappa shape index (κ2) is 15.3. The van der Waals surface area contributed by atoms with Crippen LogP contribution in [0, 0.1) is 5.92 Å². The molecule has 1 saturated heterocycles. The van der Waals surface area contributed by atoms with Gasteiger partial charge in [-0.2, -0.15) is 0 Å². The number of amides is 1. The van der Waals surface area contributed by atoms with E-state index in [1.807, 2.05) is 7.05 Å². The molecule has 1 aliphatic heterocycles. The maximum Gasteiger partial charge on any atom is 0.234 e. The van der Waals surface area contributed by atoms with Gasteiger partial charge in [0, 0.05) is 53.4 Å². The second-order valence-electron chi connectivity index (χ2n) is 7.73. The predicted octanol–water partition coefficient (Wildman–Crippen LogP) is 1.92. The Kier molecular flexibility index (Phi) is 13.9. The molecule has 2 N–H and O–H groups in total. The number of halogens is 1. The Hall–Kier alpha value is -0.610. The van der Waals surface area contributed by atoms with Crippen LogP contribution in [0.3, 0.4) is 0 Å². The molecular weight excluding hydrogens is 469 g/mol. The Morgan fingerprint density at radius 2 is 1.79 bits per heavy atom. The maximum absolute atomic E-state index is 11.9. The molecule has 164 valence electrons. The summed E-state index contributed by atoms with van der Waals surface area (Å²) in [5, 5.41) is 6.40. The van der Waals surface area contributed by atoms with Crippen molar-refractivity contribution < 1.29 is 9.53 Å². The summed E-state index contributed by atoms with van der Waals surface area (Å²) in [5.41, 5.74) is 0. The summed E-state index contributed by atoms with van der Waals surface area (Å²) in [6.45, 7) is 6.20. The van der Waals surface area contributed by atoms with E-state index in [1.54, 1.807) is 7.11 Å². The van der Waals surface area contributed by atoms with E-state index < -0.39 is 0 Å². The Morgan fingerprint density at radius 1 is 1.07 bits per heavy atom. The molecule has 0 aromatic rings. The third kappa shape index (κ3) is 9.73. The van der Waals surface area contributed by atoms with Crippen molar-refractivity contribution in [3.05, 3.63) is 0 Å². The number of nitrogens with one attached hydrogen (secondary N) is 2. The van der Waals surface area contributed by atoms with Gasteiger partial charge >= 0.3 is 0 Å². The quantitative estimate of drug-likeness (QED) is 0.204. The zero-order valence-electron chi connectivity index (χ0n) is 17.8. The molecule has 1 aliphatic carbocycles. The first-order chi connectivity index (χ1) is 13.2. The highest BCUT2D eigenvalue weighted by Gasteiger charge is 2.21. The minimum absolute atomic E-state index is 0. The van der Waals surface area contributed by atoms with Gasteiger partial charge in [-0.1, -0.05) is 38.5 Å². The molecule has 2 fully saturated rings. The van der Waals surface area contributed by atoms with Gasteiger partial charge in [-0.3, -0.25) is 14.7 Å². The van der Waals surface area contributed by atoms with Crippen molar-refractivity contribution in [3.63, 3.8) is 0 Å². The molecule has 1 heterocycles. The van der Waals surface area contributed by atoms with Crippen LogP contribution < -0.4 is 10.6 Å². The molecule has 0 unspecified atom stereocenters. The zero-order chi connectivity index (χ0) is 19.3. The van der Waals surface area contributed by atoms with Gasteiger partial charge in [-0.05, 0) is 12.3 Å². The van der Waals surface area contributed by atoms with Gasteiger partial charge < -0.3 is 20.3 Å². The number of nitrogens with zero attached hydrogens (tertiary/aromatic N) is 3. The predicted molar refractivity (Wildman–Crippen MR) is 125 cm³/mol. The summed E-state index contributed by atoms with van der Waals surface area (Å²) >= 11 is 0. The highest BCUT2D eigenvalue weighted by Crippen LogP contribution is 2.28. The lowest BCUT2D eigenvalue weighted by Gasteiger charge is -2.36. The number of piperazine rings is 1. The fraction of sp³-hybridized carbons (Fsp3) is 0.900. The van der Waals surface area contributed by atoms with Crippen LogP contribution in [-0.2, 0) is 9.53 Å². The van der Waals surface area contributed by atoms with E-state index in [1.165, 1.54) is 44.9 Å². The summed E-state index contributed by atoms with van der Waals surface area (Å²) in [6, 6.07) is 0. The van der Waals surface area contributed by atoms with Crippen molar-refractivity contribution in [2.45, 2.75) is 44.9 Å². The summed E-state index contributed by atoms with van der Waals surface area (Å²) < 4.78 is 4.95. The van der Waals surface area contributed by atoms with Crippen LogP contribution in [0.1, 0.15) is 44.9 Å². The highest BCUT2D eigenvalue weighted by molar-refractivity contribution is 14.0. The van der Waals surface area contributed by atoms with Crippen molar-refractivity contribution in [2.24, 2.45) is 10.9 Å². The average molecular weight is 509 g/mol. The Morgan fingerprint density at radius 3 is 2.43 bits per heavy atom. The first-order valence-corrected chi connectivity index (χ1v) is 10.7.